The first-order valence-corrected chi connectivity index (χ1v) is 4.84. The van der Waals surface area contributed by atoms with Gasteiger partial charge in [0.15, 0.2) is 11.5 Å². The third-order valence-corrected chi connectivity index (χ3v) is 2.78. The SMILES string of the molecule is CNCc1cc2c(c(Cl)c1C)OCO2. The lowest BCUT2D eigenvalue weighted by Gasteiger charge is -2.09. The summed E-state index contributed by atoms with van der Waals surface area (Å²) in [6.45, 7) is 3.02. The first-order chi connectivity index (χ1) is 6.74. The quantitative estimate of drug-likeness (QED) is 0.816. The molecule has 76 valence electrons. The van der Waals surface area contributed by atoms with Gasteiger partial charge < -0.3 is 14.8 Å². The predicted octanol–water partition coefficient (Wildman–Crippen LogP) is 2.10. The average Bonchev–Trinajstić information content (AvgIpc) is 2.62. The summed E-state index contributed by atoms with van der Waals surface area (Å²) in [5.74, 6) is 1.41. The van der Waals surface area contributed by atoms with Crippen molar-refractivity contribution in [2.45, 2.75) is 13.5 Å². The lowest BCUT2D eigenvalue weighted by atomic mass is 10.1. The monoisotopic (exact) mass is 213 g/mol. The van der Waals surface area contributed by atoms with Crippen LogP contribution in [0.3, 0.4) is 0 Å². The topological polar surface area (TPSA) is 30.5 Å². The summed E-state index contributed by atoms with van der Waals surface area (Å²) in [4.78, 5) is 0. The van der Waals surface area contributed by atoms with Crippen LogP contribution in [0.25, 0.3) is 0 Å². The molecule has 2 rings (SSSR count). The van der Waals surface area contributed by atoms with Crippen LogP contribution in [0, 0.1) is 6.92 Å². The smallest absolute Gasteiger partial charge is 0.231 e. The summed E-state index contributed by atoms with van der Waals surface area (Å²) in [6.07, 6.45) is 0. The molecule has 0 radical (unpaired) electrons. The highest BCUT2D eigenvalue weighted by Gasteiger charge is 2.20. The maximum atomic E-state index is 6.15. The molecule has 1 aliphatic rings. The summed E-state index contributed by atoms with van der Waals surface area (Å²) in [5.41, 5.74) is 2.19. The summed E-state index contributed by atoms with van der Waals surface area (Å²) in [5, 5.41) is 3.75. The lowest BCUT2D eigenvalue weighted by Crippen LogP contribution is -2.06. The second kappa shape index (κ2) is 3.67. The number of ether oxygens (including phenoxy) is 2. The second-order valence-corrected chi connectivity index (χ2v) is 3.62. The van der Waals surface area contributed by atoms with Gasteiger partial charge in [0, 0.05) is 6.54 Å². The Morgan fingerprint density at radius 3 is 3.00 bits per heavy atom. The fourth-order valence-electron chi connectivity index (χ4n) is 1.52. The number of hydrogen-bond acceptors (Lipinski definition) is 3. The van der Waals surface area contributed by atoms with Crippen molar-refractivity contribution in [3.05, 3.63) is 22.2 Å². The molecular weight excluding hydrogens is 202 g/mol. The third-order valence-electron chi connectivity index (χ3n) is 2.32. The van der Waals surface area contributed by atoms with E-state index in [0.29, 0.717) is 10.8 Å². The van der Waals surface area contributed by atoms with Gasteiger partial charge in [0.1, 0.15) is 0 Å². The van der Waals surface area contributed by atoms with E-state index in [1.165, 1.54) is 0 Å². The molecule has 4 heteroatoms. The summed E-state index contributed by atoms with van der Waals surface area (Å²) in [7, 11) is 1.90. The van der Waals surface area contributed by atoms with E-state index in [9.17, 15) is 0 Å². The highest BCUT2D eigenvalue weighted by atomic mass is 35.5. The molecule has 0 unspecified atom stereocenters. The fourth-order valence-corrected chi connectivity index (χ4v) is 1.79. The Balaban J connectivity index is 2.49. The summed E-state index contributed by atoms with van der Waals surface area (Å²) in [6, 6.07) is 1.97. The summed E-state index contributed by atoms with van der Waals surface area (Å²) < 4.78 is 10.6. The maximum absolute atomic E-state index is 6.15. The van der Waals surface area contributed by atoms with Crippen molar-refractivity contribution in [1.82, 2.24) is 5.32 Å². The van der Waals surface area contributed by atoms with Gasteiger partial charge in [0.2, 0.25) is 6.79 Å². The standard InChI is InChI=1S/C10H12ClNO2/c1-6-7(4-12-2)3-8-10(9(6)11)14-5-13-8/h3,12H,4-5H2,1-2H3. The normalized spacial score (nSPS) is 13.4. The highest BCUT2D eigenvalue weighted by molar-refractivity contribution is 6.33. The maximum Gasteiger partial charge on any atom is 0.231 e. The number of benzene rings is 1. The predicted molar refractivity (Wildman–Crippen MR) is 55.1 cm³/mol. The van der Waals surface area contributed by atoms with Crippen LogP contribution in [0.5, 0.6) is 11.5 Å². The van der Waals surface area contributed by atoms with Gasteiger partial charge in [0.05, 0.1) is 5.02 Å². The van der Waals surface area contributed by atoms with Crippen molar-refractivity contribution in [2.24, 2.45) is 0 Å². The average molecular weight is 214 g/mol. The third kappa shape index (κ3) is 1.42. The number of nitrogens with one attached hydrogen (secondary N) is 1. The molecule has 1 aliphatic heterocycles. The second-order valence-electron chi connectivity index (χ2n) is 3.24. The van der Waals surface area contributed by atoms with Gasteiger partial charge in [-0.25, -0.2) is 0 Å². The number of halogens is 1. The zero-order valence-corrected chi connectivity index (χ0v) is 8.94. The Kier molecular flexibility index (Phi) is 2.52. The lowest BCUT2D eigenvalue weighted by molar-refractivity contribution is 0.174. The van der Waals surface area contributed by atoms with Crippen LogP contribution < -0.4 is 14.8 Å². The summed E-state index contributed by atoms with van der Waals surface area (Å²) >= 11 is 6.15. The Labute approximate surface area is 88.0 Å². The molecule has 1 aromatic rings. The molecule has 1 aromatic carbocycles. The van der Waals surface area contributed by atoms with E-state index in [4.69, 9.17) is 21.1 Å². The first-order valence-electron chi connectivity index (χ1n) is 4.46. The van der Waals surface area contributed by atoms with E-state index >= 15 is 0 Å². The van der Waals surface area contributed by atoms with Crippen LogP contribution in [0.1, 0.15) is 11.1 Å². The molecule has 1 heterocycles. The molecule has 1 N–H and O–H groups in total. The van der Waals surface area contributed by atoms with Crippen molar-refractivity contribution in [2.75, 3.05) is 13.8 Å². The van der Waals surface area contributed by atoms with Crippen LogP contribution in [0.15, 0.2) is 6.07 Å². The van der Waals surface area contributed by atoms with Crippen molar-refractivity contribution in [3.8, 4) is 11.5 Å². The van der Waals surface area contributed by atoms with E-state index in [0.717, 1.165) is 23.4 Å². The Morgan fingerprint density at radius 1 is 1.50 bits per heavy atom. The zero-order chi connectivity index (χ0) is 10.1. The van der Waals surface area contributed by atoms with Crippen molar-refractivity contribution < 1.29 is 9.47 Å². The largest absolute Gasteiger partial charge is 0.454 e. The van der Waals surface area contributed by atoms with Gasteiger partial charge in [-0.15, -0.1) is 0 Å². The van der Waals surface area contributed by atoms with Gasteiger partial charge in [-0.1, -0.05) is 11.6 Å². The van der Waals surface area contributed by atoms with E-state index in [1.807, 2.05) is 20.0 Å². The molecular formula is C10H12ClNO2. The van der Waals surface area contributed by atoms with Crippen LogP contribution in [-0.2, 0) is 6.54 Å². The molecule has 0 aliphatic carbocycles. The van der Waals surface area contributed by atoms with Crippen LogP contribution in [0.2, 0.25) is 5.02 Å². The minimum absolute atomic E-state index is 0.261. The van der Waals surface area contributed by atoms with Crippen molar-refractivity contribution in [3.63, 3.8) is 0 Å². The van der Waals surface area contributed by atoms with Crippen LogP contribution in [0.4, 0.5) is 0 Å². The highest BCUT2D eigenvalue weighted by Crippen LogP contribution is 2.42. The number of hydrogen-bond donors (Lipinski definition) is 1. The Hall–Kier alpha value is -0.930. The minimum atomic E-state index is 0.261. The molecule has 0 amide bonds. The van der Waals surface area contributed by atoms with E-state index in [1.54, 1.807) is 0 Å². The molecule has 14 heavy (non-hydrogen) atoms. The van der Waals surface area contributed by atoms with Gasteiger partial charge in [0.25, 0.3) is 0 Å². The molecule has 0 saturated carbocycles. The Morgan fingerprint density at radius 2 is 2.29 bits per heavy atom. The van der Waals surface area contributed by atoms with Gasteiger partial charge >= 0.3 is 0 Å². The van der Waals surface area contributed by atoms with E-state index in [-0.39, 0.29) is 6.79 Å². The minimum Gasteiger partial charge on any atom is -0.454 e. The Bertz CT molecular complexity index is 366. The number of fused-ring (bicyclic) bond motifs is 1. The van der Waals surface area contributed by atoms with Crippen molar-refractivity contribution in [1.29, 1.82) is 0 Å². The first kappa shape index (κ1) is 9.62. The van der Waals surface area contributed by atoms with Crippen LogP contribution >= 0.6 is 11.6 Å². The molecule has 0 atom stereocenters. The molecule has 0 bridgehead atoms. The molecule has 3 nitrogen and oxygen atoms in total. The van der Waals surface area contributed by atoms with E-state index in [2.05, 4.69) is 5.32 Å². The fraction of sp³-hybridized carbons (Fsp3) is 0.400. The zero-order valence-electron chi connectivity index (χ0n) is 8.19. The van der Waals surface area contributed by atoms with Gasteiger partial charge in [-0.05, 0) is 31.2 Å². The van der Waals surface area contributed by atoms with Gasteiger partial charge in [-0.3, -0.25) is 0 Å². The molecule has 0 spiro atoms. The number of rotatable bonds is 2. The van der Waals surface area contributed by atoms with Crippen molar-refractivity contribution >= 4 is 11.6 Å². The molecule has 0 saturated heterocycles. The molecule has 0 fully saturated rings. The van der Waals surface area contributed by atoms with Crippen LogP contribution in [-0.4, -0.2) is 13.8 Å². The molecule has 0 aromatic heterocycles. The van der Waals surface area contributed by atoms with Gasteiger partial charge in [-0.2, -0.15) is 0 Å². The van der Waals surface area contributed by atoms with E-state index < -0.39 is 0 Å².